The van der Waals surface area contributed by atoms with E-state index in [0.717, 1.165) is 0 Å². The first-order valence-corrected chi connectivity index (χ1v) is 8.43. The maximum absolute atomic E-state index is 12.1. The fraction of sp³-hybridized carbons (Fsp3) is 0.500. The molecule has 106 valence electrons. The summed E-state index contributed by atoms with van der Waals surface area (Å²) in [6.45, 7) is 1.10. The third-order valence-corrected chi connectivity index (χ3v) is 5.20. The van der Waals surface area contributed by atoms with Crippen molar-refractivity contribution in [3.8, 4) is 0 Å². The number of nitrogens with two attached hydrogens (primary N) is 1. The first-order valence-electron chi connectivity index (χ1n) is 6.15. The molecule has 5 nitrogen and oxygen atoms in total. The van der Waals surface area contributed by atoms with Crippen molar-refractivity contribution >= 4 is 31.6 Å². The lowest BCUT2D eigenvalue weighted by Crippen LogP contribution is -2.34. The molecule has 0 radical (unpaired) electrons. The Balaban J connectivity index is 1.99. The number of rotatable bonds is 6. The second kappa shape index (κ2) is 5.78. The maximum Gasteiger partial charge on any atom is 0.242 e. The molecular formula is C12H18BrN3O2S. The zero-order chi connectivity index (χ0) is 14.0. The fourth-order valence-corrected chi connectivity index (χ4v) is 3.56. The first kappa shape index (κ1) is 14.8. The van der Waals surface area contributed by atoms with Gasteiger partial charge in [0.25, 0.3) is 0 Å². The van der Waals surface area contributed by atoms with Crippen LogP contribution in [0.25, 0.3) is 0 Å². The number of halogens is 1. The zero-order valence-corrected chi connectivity index (χ0v) is 13.2. The van der Waals surface area contributed by atoms with Crippen molar-refractivity contribution < 1.29 is 8.42 Å². The van der Waals surface area contributed by atoms with E-state index in [1.165, 1.54) is 18.9 Å². The van der Waals surface area contributed by atoms with Crippen LogP contribution in [0.15, 0.2) is 27.6 Å². The topological polar surface area (TPSA) is 75.4 Å². The minimum Gasteiger partial charge on any atom is -0.398 e. The van der Waals surface area contributed by atoms with Gasteiger partial charge in [0, 0.05) is 23.6 Å². The van der Waals surface area contributed by atoms with Gasteiger partial charge < -0.3 is 10.6 Å². The Morgan fingerprint density at radius 1 is 1.47 bits per heavy atom. The van der Waals surface area contributed by atoms with Crippen LogP contribution >= 0.6 is 15.9 Å². The Bertz CT molecular complexity index is 558. The largest absolute Gasteiger partial charge is 0.398 e. The molecule has 1 aliphatic carbocycles. The van der Waals surface area contributed by atoms with E-state index >= 15 is 0 Å². The van der Waals surface area contributed by atoms with Gasteiger partial charge in [-0.2, -0.15) is 0 Å². The summed E-state index contributed by atoms with van der Waals surface area (Å²) < 4.78 is 27.6. The van der Waals surface area contributed by atoms with Crippen LogP contribution in [-0.2, 0) is 10.0 Å². The van der Waals surface area contributed by atoms with Gasteiger partial charge in [-0.25, -0.2) is 13.1 Å². The van der Waals surface area contributed by atoms with Crippen LogP contribution in [0.4, 0.5) is 5.69 Å². The van der Waals surface area contributed by atoms with Gasteiger partial charge in [-0.15, -0.1) is 0 Å². The quantitative estimate of drug-likeness (QED) is 0.762. The lowest BCUT2D eigenvalue weighted by Gasteiger charge is -2.16. The van der Waals surface area contributed by atoms with E-state index < -0.39 is 10.0 Å². The number of hydrogen-bond donors (Lipinski definition) is 2. The number of nitrogens with one attached hydrogen (secondary N) is 1. The third-order valence-electron chi connectivity index (χ3n) is 3.19. The SMILES string of the molecule is CN(CCNS(=O)(=O)c1cc(Br)ccc1N)C1CC1. The van der Waals surface area contributed by atoms with Gasteiger partial charge in [-0.3, -0.25) is 0 Å². The highest BCUT2D eigenvalue weighted by atomic mass is 79.9. The predicted octanol–water partition coefficient (Wildman–Crippen LogP) is 1.40. The van der Waals surface area contributed by atoms with Gasteiger partial charge in [-0.05, 0) is 38.1 Å². The van der Waals surface area contributed by atoms with Crippen molar-refractivity contribution in [2.24, 2.45) is 0 Å². The Kier molecular flexibility index (Phi) is 4.50. The summed E-state index contributed by atoms with van der Waals surface area (Å²) in [7, 11) is -1.53. The highest BCUT2D eigenvalue weighted by Crippen LogP contribution is 2.25. The summed E-state index contributed by atoms with van der Waals surface area (Å²) in [6.07, 6.45) is 2.42. The lowest BCUT2D eigenvalue weighted by molar-refractivity contribution is 0.329. The first-order chi connectivity index (χ1) is 8.90. The van der Waals surface area contributed by atoms with Crippen LogP contribution < -0.4 is 10.5 Å². The lowest BCUT2D eigenvalue weighted by atomic mass is 10.3. The standard InChI is InChI=1S/C12H18BrN3O2S/c1-16(10-3-4-10)7-6-15-19(17,18)12-8-9(13)2-5-11(12)14/h2,5,8,10,15H,3-4,6-7,14H2,1H3. The molecule has 0 amide bonds. The van der Waals surface area contributed by atoms with Gasteiger partial charge >= 0.3 is 0 Å². The molecule has 1 saturated carbocycles. The van der Waals surface area contributed by atoms with E-state index in [1.807, 2.05) is 7.05 Å². The second-order valence-corrected chi connectivity index (χ2v) is 7.44. The molecule has 0 heterocycles. The minimum atomic E-state index is -3.55. The van der Waals surface area contributed by atoms with E-state index in [2.05, 4.69) is 25.6 Å². The molecule has 0 aromatic heterocycles. The monoisotopic (exact) mass is 347 g/mol. The van der Waals surface area contributed by atoms with Gasteiger partial charge in [0.05, 0.1) is 5.69 Å². The Morgan fingerprint density at radius 2 is 2.16 bits per heavy atom. The van der Waals surface area contributed by atoms with Crippen LogP contribution in [0, 0.1) is 0 Å². The second-order valence-electron chi connectivity index (χ2n) is 4.79. The van der Waals surface area contributed by atoms with E-state index in [1.54, 1.807) is 12.1 Å². The molecule has 1 aliphatic rings. The van der Waals surface area contributed by atoms with Crippen molar-refractivity contribution in [1.82, 2.24) is 9.62 Å². The molecule has 0 atom stereocenters. The third kappa shape index (κ3) is 3.92. The van der Waals surface area contributed by atoms with E-state index in [4.69, 9.17) is 5.73 Å². The predicted molar refractivity (Wildman–Crippen MR) is 79.4 cm³/mol. The normalized spacial score (nSPS) is 15.9. The Labute approximate surface area is 122 Å². The highest BCUT2D eigenvalue weighted by molar-refractivity contribution is 9.10. The molecule has 2 rings (SSSR count). The molecule has 1 aromatic carbocycles. The van der Waals surface area contributed by atoms with Gasteiger partial charge in [0.1, 0.15) is 4.90 Å². The molecule has 1 fully saturated rings. The summed E-state index contributed by atoms with van der Waals surface area (Å²) in [4.78, 5) is 2.29. The van der Waals surface area contributed by atoms with Gasteiger partial charge in [0.15, 0.2) is 0 Å². The smallest absolute Gasteiger partial charge is 0.242 e. The molecule has 0 saturated heterocycles. The maximum atomic E-state index is 12.1. The molecular weight excluding hydrogens is 330 g/mol. The van der Waals surface area contributed by atoms with Gasteiger partial charge in [-0.1, -0.05) is 15.9 Å². The molecule has 0 unspecified atom stereocenters. The summed E-state index contributed by atoms with van der Waals surface area (Å²) in [5, 5.41) is 0. The van der Waals surface area contributed by atoms with Crippen molar-refractivity contribution in [2.45, 2.75) is 23.8 Å². The number of hydrogen-bond acceptors (Lipinski definition) is 4. The van der Waals surface area contributed by atoms with E-state index in [0.29, 0.717) is 23.6 Å². The number of nitrogen functional groups attached to an aromatic ring is 1. The average Bonchev–Trinajstić information content (AvgIpc) is 3.15. The van der Waals surface area contributed by atoms with Crippen LogP contribution in [0.1, 0.15) is 12.8 Å². The van der Waals surface area contributed by atoms with Crippen molar-refractivity contribution in [3.63, 3.8) is 0 Å². The zero-order valence-electron chi connectivity index (χ0n) is 10.8. The molecule has 0 aliphatic heterocycles. The number of nitrogens with zero attached hydrogens (tertiary/aromatic N) is 1. The fourth-order valence-electron chi connectivity index (χ4n) is 1.87. The Hall–Kier alpha value is -0.630. The molecule has 7 heteroatoms. The summed E-state index contributed by atoms with van der Waals surface area (Å²) in [5.41, 5.74) is 5.97. The van der Waals surface area contributed by atoms with Crippen molar-refractivity contribution in [1.29, 1.82) is 0 Å². The molecule has 0 bridgehead atoms. The van der Waals surface area contributed by atoms with Crippen LogP contribution in [0.3, 0.4) is 0 Å². The Morgan fingerprint density at radius 3 is 2.79 bits per heavy atom. The molecule has 3 N–H and O–H groups in total. The van der Waals surface area contributed by atoms with Crippen LogP contribution in [0.2, 0.25) is 0 Å². The van der Waals surface area contributed by atoms with Gasteiger partial charge in [0.2, 0.25) is 10.0 Å². The van der Waals surface area contributed by atoms with Crippen molar-refractivity contribution in [2.75, 3.05) is 25.9 Å². The number of anilines is 1. The summed E-state index contributed by atoms with van der Waals surface area (Å²) >= 11 is 3.25. The number of likely N-dealkylation sites (N-methyl/N-ethyl adjacent to an activating group) is 1. The van der Waals surface area contributed by atoms with Crippen molar-refractivity contribution in [3.05, 3.63) is 22.7 Å². The molecule has 19 heavy (non-hydrogen) atoms. The van der Waals surface area contributed by atoms with E-state index in [9.17, 15) is 8.42 Å². The number of benzene rings is 1. The molecule has 1 aromatic rings. The molecule has 0 spiro atoms. The average molecular weight is 348 g/mol. The minimum absolute atomic E-state index is 0.121. The van der Waals surface area contributed by atoms with Crippen LogP contribution in [0.5, 0.6) is 0 Å². The van der Waals surface area contributed by atoms with E-state index in [-0.39, 0.29) is 10.6 Å². The van der Waals surface area contributed by atoms with Crippen LogP contribution in [-0.4, -0.2) is 39.5 Å². The highest BCUT2D eigenvalue weighted by Gasteiger charge is 2.26. The number of sulfonamides is 1. The summed E-state index contributed by atoms with van der Waals surface area (Å²) in [6, 6.07) is 5.44. The summed E-state index contributed by atoms with van der Waals surface area (Å²) in [5.74, 6) is 0.